The van der Waals surface area contributed by atoms with Crippen molar-refractivity contribution in [2.45, 2.75) is 0 Å². The van der Waals surface area contributed by atoms with Crippen LogP contribution in [-0.2, 0) is 19.8 Å². The van der Waals surface area contributed by atoms with E-state index in [1.165, 1.54) is 0 Å². The van der Waals surface area contributed by atoms with E-state index < -0.39 is 11.6 Å². The molecular formula is C46H33F2N4Os-3. The molecule has 7 aromatic carbocycles. The Hall–Kier alpha value is -5.76. The van der Waals surface area contributed by atoms with E-state index in [2.05, 4.69) is 30.3 Å². The molecule has 7 aromatic rings. The van der Waals surface area contributed by atoms with E-state index in [0.29, 0.717) is 16.7 Å². The van der Waals surface area contributed by atoms with Crippen molar-refractivity contribution in [3.05, 3.63) is 183 Å². The van der Waals surface area contributed by atoms with Gasteiger partial charge in [-0.05, 0) is 89.4 Å². The summed E-state index contributed by atoms with van der Waals surface area (Å²) in [5.41, 5.74) is 9.01. The van der Waals surface area contributed by atoms with E-state index in [-0.39, 0.29) is 36.7 Å². The summed E-state index contributed by atoms with van der Waals surface area (Å²) in [5.74, 6) is -1.41. The maximum atomic E-state index is 18.0. The summed E-state index contributed by atoms with van der Waals surface area (Å²) >= 11 is 0. The van der Waals surface area contributed by atoms with Crippen LogP contribution in [0.5, 0.6) is 0 Å². The molecule has 0 saturated heterocycles. The Morgan fingerprint density at radius 2 is 0.792 bits per heavy atom. The molecule has 0 saturated carbocycles. The Morgan fingerprint density at radius 3 is 1.21 bits per heavy atom. The van der Waals surface area contributed by atoms with Gasteiger partial charge in [0.15, 0.2) is 0 Å². The van der Waals surface area contributed by atoms with Crippen molar-refractivity contribution in [3.8, 4) is 44.5 Å². The molecule has 0 bridgehead atoms. The van der Waals surface area contributed by atoms with Gasteiger partial charge < -0.3 is 19.6 Å². The van der Waals surface area contributed by atoms with Gasteiger partial charge in [0.05, 0.1) is 0 Å². The number of hydrogen-bond acceptors (Lipinski definition) is 4. The van der Waals surface area contributed by atoms with Crippen molar-refractivity contribution in [1.82, 2.24) is 0 Å². The third-order valence-corrected chi connectivity index (χ3v) is 9.86. The summed E-state index contributed by atoms with van der Waals surface area (Å²) in [6.45, 7) is 3.65. The van der Waals surface area contributed by atoms with Gasteiger partial charge in [-0.3, -0.25) is 8.78 Å². The molecule has 0 N–H and O–H groups in total. The monoisotopic (exact) mass is 871 g/mol. The molecule has 0 unspecified atom stereocenters. The second kappa shape index (κ2) is 14.0. The normalized spacial score (nSPS) is 13.2. The zero-order chi connectivity index (χ0) is 35.3. The van der Waals surface area contributed by atoms with Gasteiger partial charge in [0.2, 0.25) is 0 Å². The van der Waals surface area contributed by atoms with Crippen molar-refractivity contribution >= 4 is 34.1 Å². The Morgan fingerprint density at radius 1 is 0.434 bits per heavy atom. The Bertz CT molecular complexity index is 2290. The van der Waals surface area contributed by atoms with E-state index in [9.17, 15) is 0 Å². The Labute approximate surface area is 322 Å². The molecule has 2 heterocycles. The zero-order valence-electron chi connectivity index (χ0n) is 29.0. The molecule has 2 aliphatic heterocycles. The van der Waals surface area contributed by atoms with Crippen LogP contribution in [0.1, 0.15) is 0 Å². The predicted octanol–water partition coefficient (Wildman–Crippen LogP) is 11.8. The average molecular weight is 870 g/mol. The molecule has 0 spiro atoms. The number of fused-ring (bicyclic) bond motifs is 2. The fourth-order valence-electron chi connectivity index (χ4n) is 7.39. The van der Waals surface area contributed by atoms with Crippen molar-refractivity contribution in [1.29, 1.82) is 0 Å². The van der Waals surface area contributed by atoms with E-state index in [1.54, 1.807) is 9.80 Å². The van der Waals surface area contributed by atoms with E-state index >= 15 is 8.78 Å². The van der Waals surface area contributed by atoms with Crippen molar-refractivity contribution in [3.63, 3.8) is 0 Å². The third kappa shape index (κ3) is 5.86. The maximum absolute atomic E-state index is 18.0. The van der Waals surface area contributed by atoms with E-state index in [1.807, 2.05) is 165 Å². The number of benzene rings is 7. The second-order valence-corrected chi connectivity index (χ2v) is 13.0. The number of para-hydroxylation sites is 4. The molecule has 53 heavy (non-hydrogen) atoms. The number of halogens is 2. The Balaban J connectivity index is 0.00000400. The van der Waals surface area contributed by atoms with Crippen LogP contribution in [0, 0.1) is 31.0 Å². The Kier molecular flexibility index (Phi) is 9.06. The minimum Gasteiger partial charge on any atom is -0.504 e. The maximum Gasteiger partial charge on any atom is 0.0395 e. The van der Waals surface area contributed by atoms with Gasteiger partial charge in [-0.15, -0.1) is 6.07 Å². The molecule has 2 aliphatic rings. The molecule has 9 rings (SSSR count). The molecule has 4 nitrogen and oxygen atoms in total. The van der Waals surface area contributed by atoms with Gasteiger partial charge in [-0.25, -0.2) is 0 Å². The third-order valence-electron chi connectivity index (χ3n) is 9.86. The molecule has 7 heteroatoms. The molecule has 0 amide bonds. The topological polar surface area (TPSA) is 13.0 Å². The number of nitrogens with zero attached hydrogens (tertiary/aromatic N) is 4. The van der Waals surface area contributed by atoms with Gasteiger partial charge in [0.1, 0.15) is 0 Å². The molecule has 0 aromatic heterocycles. The SMILES string of the molecule is CN1[CH-]N(c2[c-]c(N3[CH-]N(C)c4ccccc43)c(F)c(-c3c(-c4ccccc4)cc(-c4ccccc4)cc3-c3ccccc3)c2F)c2ccccc21.[Os]. The number of rotatable bonds is 6. The summed E-state index contributed by atoms with van der Waals surface area (Å²) in [5, 5.41) is 0. The summed E-state index contributed by atoms with van der Waals surface area (Å²) < 4.78 is 35.9. The average Bonchev–Trinajstić information content (AvgIpc) is 3.71. The summed E-state index contributed by atoms with van der Waals surface area (Å²) in [6.07, 6.45) is 0. The molecule has 0 aliphatic carbocycles. The van der Waals surface area contributed by atoms with Gasteiger partial charge in [-0.2, -0.15) is 13.3 Å². The molecule has 0 atom stereocenters. The fraction of sp³-hybridized carbons (Fsp3) is 0.0435. The van der Waals surface area contributed by atoms with Crippen LogP contribution in [0.2, 0.25) is 0 Å². The molecule has 0 fully saturated rings. The van der Waals surface area contributed by atoms with Crippen molar-refractivity contribution in [2.75, 3.05) is 33.7 Å². The summed E-state index contributed by atoms with van der Waals surface area (Å²) in [7, 11) is 3.84. The van der Waals surface area contributed by atoms with Crippen LogP contribution < -0.4 is 19.6 Å². The quantitative estimate of drug-likeness (QED) is 0.154. The van der Waals surface area contributed by atoms with Gasteiger partial charge in [-0.1, -0.05) is 132 Å². The summed E-state index contributed by atoms with van der Waals surface area (Å²) in [6, 6.07) is 52.7. The van der Waals surface area contributed by atoms with Crippen LogP contribution in [0.4, 0.5) is 42.9 Å². The first kappa shape index (κ1) is 34.3. The van der Waals surface area contributed by atoms with Crippen molar-refractivity contribution in [2.24, 2.45) is 0 Å². The van der Waals surface area contributed by atoms with Gasteiger partial charge >= 0.3 is 0 Å². The van der Waals surface area contributed by atoms with Gasteiger partial charge in [0, 0.05) is 54.2 Å². The van der Waals surface area contributed by atoms with Crippen molar-refractivity contribution < 1.29 is 28.6 Å². The first-order chi connectivity index (χ1) is 25.5. The van der Waals surface area contributed by atoms with Gasteiger partial charge in [0.25, 0.3) is 0 Å². The zero-order valence-corrected chi connectivity index (χ0v) is 31.5. The molecular weight excluding hydrogens is 837 g/mol. The van der Waals surface area contributed by atoms with Crippen LogP contribution in [0.25, 0.3) is 44.5 Å². The largest absolute Gasteiger partial charge is 0.504 e. The molecule has 262 valence electrons. The minimum atomic E-state index is -0.703. The van der Waals surface area contributed by atoms with E-state index in [0.717, 1.165) is 45.0 Å². The first-order valence-corrected chi connectivity index (χ1v) is 17.2. The fourth-order valence-corrected chi connectivity index (χ4v) is 7.39. The minimum absolute atomic E-state index is 0. The van der Waals surface area contributed by atoms with E-state index in [4.69, 9.17) is 0 Å². The first-order valence-electron chi connectivity index (χ1n) is 17.2. The predicted molar refractivity (Wildman–Crippen MR) is 210 cm³/mol. The molecule has 0 radical (unpaired) electrons. The standard InChI is InChI=1S/C46H33F2N4.Os/c1-49-29-51(39-24-14-12-22-37(39)49)41-28-42(52-30-50(2)38-23-13-15-25-40(38)52)46(48)44(45(41)47)43-35(32-18-8-4-9-19-32)26-34(31-16-6-3-7-17-31)27-36(43)33-20-10-5-11-21-33;/h3-27,29-30H,1-2H3;/q-3;. The van der Waals surface area contributed by atoms with Crippen LogP contribution in [-0.4, -0.2) is 14.1 Å². The summed E-state index contributed by atoms with van der Waals surface area (Å²) in [4.78, 5) is 7.42. The van der Waals surface area contributed by atoms with Crippen LogP contribution in [0.3, 0.4) is 0 Å². The smallest absolute Gasteiger partial charge is 0.0395 e. The number of anilines is 6. The second-order valence-electron chi connectivity index (χ2n) is 13.0. The van der Waals surface area contributed by atoms with Crippen LogP contribution >= 0.6 is 0 Å². The number of hydrogen-bond donors (Lipinski definition) is 0. The van der Waals surface area contributed by atoms with Crippen LogP contribution in [0.15, 0.2) is 152 Å².